The lowest BCUT2D eigenvalue weighted by molar-refractivity contribution is 0.0699. The molecule has 20 heavy (non-hydrogen) atoms. The predicted molar refractivity (Wildman–Crippen MR) is 75.7 cm³/mol. The van der Waals surface area contributed by atoms with Gasteiger partial charge in [0.1, 0.15) is 17.7 Å². The Morgan fingerprint density at radius 2 is 2.10 bits per heavy atom. The molecule has 0 bridgehead atoms. The second-order valence-corrected chi connectivity index (χ2v) is 5.10. The van der Waals surface area contributed by atoms with Gasteiger partial charge >= 0.3 is 5.97 Å². The van der Waals surface area contributed by atoms with Crippen molar-refractivity contribution >= 4 is 32.9 Å². The van der Waals surface area contributed by atoms with E-state index in [0.717, 1.165) is 4.47 Å². The average molecular weight is 335 g/mol. The second-order valence-electron chi connectivity index (χ2n) is 4.19. The molecular formula is C14H8BrFN2O2. The number of fused-ring (bicyclic) bond motifs is 1. The number of carboxylic acid groups (broad SMARTS) is 1. The third-order valence-electron chi connectivity index (χ3n) is 2.97. The number of hydrogen-bond acceptors (Lipinski definition) is 2. The molecule has 0 aliphatic heterocycles. The van der Waals surface area contributed by atoms with E-state index in [4.69, 9.17) is 5.11 Å². The van der Waals surface area contributed by atoms with Gasteiger partial charge in [-0.3, -0.25) is 4.57 Å². The van der Waals surface area contributed by atoms with E-state index in [1.165, 1.54) is 23.0 Å². The first-order valence-electron chi connectivity index (χ1n) is 5.72. The molecule has 0 spiro atoms. The summed E-state index contributed by atoms with van der Waals surface area (Å²) in [7, 11) is 0. The van der Waals surface area contributed by atoms with Gasteiger partial charge in [0.25, 0.3) is 0 Å². The van der Waals surface area contributed by atoms with Gasteiger partial charge < -0.3 is 5.11 Å². The van der Waals surface area contributed by atoms with Crippen molar-refractivity contribution in [2.24, 2.45) is 0 Å². The Balaban J connectivity index is 2.31. The molecule has 3 rings (SSSR count). The summed E-state index contributed by atoms with van der Waals surface area (Å²) < 4.78 is 16.2. The molecule has 0 atom stereocenters. The minimum atomic E-state index is -1.06. The molecule has 0 unspecified atom stereocenters. The van der Waals surface area contributed by atoms with Crippen molar-refractivity contribution in [3.63, 3.8) is 0 Å². The number of nitrogens with zero attached hydrogens (tertiary/aromatic N) is 2. The van der Waals surface area contributed by atoms with Crippen LogP contribution < -0.4 is 0 Å². The minimum absolute atomic E-state index is 0.0941. The highest BCUT2D eigenvalue weighted by Gasteiger charge is 2.14. The zero-order valence-corrected chi connectivity index (χ0v) is 11.6. The van der Waals surface area contributed by atoms with E-state index in [0.29, 0.717) is 16.7 Å². The van der Waals surface area contributed by atoms with Crippen molar-refractivity contribution in [3.05, 3.63) is 58.6 Å². The highest BCUT2D eigenvalue weighted by molar-refractivity contribution is 9.10. The first kappa shape index (κ1) is 12.8. The lowest BCUT2D eigenvalue weighted by Crippen LogP contribution is -1.99. The van der Waals surface area contributed by atoms with Crippen LogP contribution in [0.2, 0.25) is 0 Å². The van der Waals surface area contributed by atoms with Crippen LogP contribution in [0.1, 0.15) is 10.4 Å². The molecule has 0 aliphatic rings. The summed E-state index contributed by atoms with van der Waals surface area (Å²) in [6.07, 6.45) is 1.42. The molecule has 0 radical (unpaired) electrons. The van der Waals surface area contributed by atoms with Crippen molar-refractivity contribution < 1.29 is 14.3 Å². The second kappa shape index (κ2) is 4.72. The standard InChI is InChI=1S/C14H8BrFN2O2/c15-8-4-5-10(16)12(6-8)18-7-17-13-9(14(19)20)2-1-3-11(13)18/h1-7H,(H,19,20). The summed E-state index contributed by atoms with van der Waals surface area (Å²) in [5, 5.41) is 9.13. The molecule has 0 aliphatic carbocycles. The van der Waals surface area contributed by atoms with E-state index >= 15 is 0 Å². The molecule has 4 nitrogen and oxygen atoms in total. The number of hydrogen-bond donors (Lipinski definition) is 1. The van der Waals surface area contributed by atoms with Gasteiger partial charge in [0.05, 0.1) is 16.8 Å². The smallest absolute Gasteiger partial charge is 0.337 e. The topological polar surface area (TPSA) is 55.1 Å². The van der Waals surface area contributed by atoms with Crippen molar-refractivity contribution in [2.45, 2.75) is 0 Å². The fraction of sp³-hybridized carbons (Fsp3) is 0. The maximum absolute atomic E-state index is 13.9. The summed E-state index contributed by atoms with van der Waals surface area (Å²) in [6.45, 7) is 0. The van der Waals surface area contributed by atoms with E-state index in [-0.39, 0.29) is 5.56 Å². The maximum atomic E-state index is 13.9. The SMILES string of the molecule is O=C(O)c1cccc2c1ncn2-c1cc(Br)ccc1F. The Bertz CT molecular complexity index is 829. The van der Waals surface area contributed by atoms with Crippen LogP contribution >= 0.6 is 15.9 Å². The zero-order valence-electron chi connectivity index (χ0n) is 10.0. The van der Waals surface area contributed by atoms with E-state index in [1.54, 1.807) is 24.3 Å². The molecule has 0 fully saturated rings. The first-order valence-corrected chi connectivity index (χ1v) is 6.52. The van der Waals surface area contributed by atoms with Crippen molar-refractivity contribution in [1.29, 1.82) is 0 Å². The Labute approximate surface area is 121 Å². The van der Waals surface area contributed by atoms with Crippen LogP contribution in [0.4, 0.5) is 4.39 Å². The molecule has 1 aromatic heterocycles. The fourth-order valence-electron chi connectivity index (χ4n) is 2.07. The Hall–Kier alpha value is -2.21. The van der Waals surface area contributed by atoms with Gasteiger partial charge in [0.15, 0.2) is 0 Å². The molecule has 3 aromatic rings. The van der Waals surface area contributed by atoms with Crippen LogP contribution in [0, 0.1) is 5.82 Å². The van der Waals surface area contributed by atoms with E-state index in [2.05, 4.69) is 20.9 Å². The summed E-state index contributed by atoms with van der Waals surface area (Å²) in [4.78, 5) is 15.2. The number of aromatic carboxylic acids is 1. The van der Waals surface area contributed by atoms with Crippen LogP contribution in [0.25, 0.3) is 16.7 Å². The van der Waals surface area contributed by atoms with Gasteiger partial charge in [0, 0.05) is 4.47 Å². The molecule has 2 aromatic carbocycles. The number of halogens is 2. The van der Waals surface area contributed by atoms with Gasteiger partial charge in [-0.25, -0.2) is 14.2 Å². The number of para-hydroxylation sites is 1. The lowest BCUT2D eigenvalue weighted by atomic mass is 10.2. The number of carbonyl (C=O) groups is 1. The first-order chi connectivity index (χ1) is 9.58. The quantitative estimate of drug-likeness (QED) is 0.778. The van der Waals surface area contributed by atoms with E-state index < -0.39 is 11.8 Å². The number of carboxylic acids is 1. The summed E-state index contributed by atoms with van der Waals surface area (Å²) in [5.74, 6) is -1.47. The van der Waals surface area contributed by atoms with Gasteiger partial charge in [-0.2, -0.15) is 0 Å². The third kappa shape index (κ3) is 1.98. The van der Waals surface area contributed by atoms with Gasteiger partial charge in [0.2, 0.25) is 0 Å². The summed E-state index contributed by atoms with van der Waals surface area (Å²) in [5.41, 5.74) is 1.28. The molecular weight excluding hydrogens is 327 g/mol. The third-order valence-corrected chi connectivity index (χ3v) is 3.47. The summed E-state index contributed by atoms with van der Waals surface area (Å²) in [6, 6.07) is 9.34. The molecule has 100 valence electrons. The Morgan fingerprint density at radius 1 is 1.30 bits per heavy atom. The van der Waals surface area contributed by atoms with Gasteiger partial charge in [-0.1, -0.05) is 22.0 Å². The minimum Gasteiger partial charge on any atom is -0.478 e. The highest BCUT2D eigenvalue weighted by Crippen LogP contribution is 2.25. The van der Waals surface area contributed by atoms with Crippen LogP contribution in [0.5, 0.6) is 0 Å². The largest absolute Gasteiger partial charge is 0.478 e. The highest BCUT2D eigenvalue weighted by atomic mass is 79.9. The average Bonchev–Trinajstić information content (AvgIpc) is 2.85. The zero-order chi connectivity index (χ0) is 14.3. The molecule has 0 saturated heterocycles. The van der Waals surface area contributed by atoms with E-state index in [1.807, 2.05) is 0 Å². The Kier molecular flexibility index (Phi) is 3.02. The predicted octanol–water partition coefficient (Wildman–Crippen LogP) is 3.63. The maximum Gasteiger partial charge on any atom is 0.337 e. The van der Waals surface area contributed by atoms with Gasteiger partial charge in [-0.15, -0.1) is 0 Å². The van der Waals surface area contributed by atoms with E-state index in [9.17, 15) is 9.18 Å². The molecule has 0 saturated carbocycles. The molecule has 1 N–H and O–H groups in total. The van der Waals surface area contributed by atoms with Crippen LogP contribution in [-0.4, -0.2) is 20.6 Å². The van der Waals surface area contributed by atoms with Crippen LogP contribution in [0.15, 0.2) is 47.2 Å². The molecule has 0 amide bonds. The molecule has 1 heterocycles. The lowest BCUT2D eigenvalue weighted by Gasteiger charge is -2.06. The fourth-order valence-corrected chi connectivity index (χ4v) is 2.42. The van der Waals surface area contributed by atoms with Crippen LogP contribution in [0.3, 0.4) is 0 Å². The number of aromatic nitrogens is 2. The number of benzene rings is 2. The Morgan fingerprint density at radius 3 is 2.85 bits per heavy atom. The number of rotatable bonds is 2. The van der Waals surface area contributed by atoms with Crippen LogP contribution in [-0.2, 0) is 0 Å². The normalized spacial score (nSPS) is 10.9. The van der Waals surface area contributed by atoms with Gasteiger partial charge in [-0.05, 0) is 30.3 Å². The monoisotopic (exact) mass is 334 g/mol. The molecule has 6 heteroatoms. The van der Waals surface area contributed by atoms with Crippen molar-refractivity contribution in [1.82, 2.24) is 9.55 Å². The number of imidazole rings is 1. The van der Waals surface area contributed by atoms with Crippen molar-refractivity contribution in [3.8, 4) is 5.69 Å². The van der Waals surface area contributed by atoms with Crippen molar-refractivity contribution in [2.75, 3.05) is 0 Å². The summed E-state index contributed by atoms with van der Waals surface area (Å²) >= 11 is 3.29.